The van der Waals surface area contributed by atoms with Crippen LogP contribution in [0.5, 0.6) is 5.75 Å². The Morgan fingerprint density at radius 3 is 2.40 bits per heavy atom. The highest BCUT2D eigenvalue weighted by atomic mass is 32.1. The topological polar surface area (TPSA) is 67.4 Å². The van der Waals surface area contributed by atoms with Crippen LogP contribution in [0.4, 0.5) is 0 Å². The van der Waals surface area contributed by atoms with E-state index in [9.17, 15) is 9.59 Å². The summed E-state index contributed by atoms with van der Waals surface area (Å²) in [7, 11) is 1.57. The minimum Gasteiger partial charge on any atom is -0.497 e. The first-order chi connectivity index (χ1) is 14.5. The van der Waals surface area contributed by atoms with Crippen molar-refractivity contribution in [1.82, 2.24) is 10.6 Å². The molecule has 0 fully saturated rings. The number of carbonyl (C=O) groups excluding carboxylic acids is 2. The third-order valence-corrected chi connectivity index (χ3v) is 5.50. The third-order valence-electron chi connectivity index (χ3n) is 4.68. The van der Waals surface area contributed by atoms with E-state index in [-0.39, 0.29) is 23.6 Å². The van der Waals surface area contributed by atoms with Crippen molar-refractivity contribution in [3.63, 3.8) is 0 Å². The van der Waals surface area contributed by atoms with Crippen molar-refractivity contribution >= 4 is 29.2 Å². The fourth-order valence-electron chi connectivity index (χ4n) is 3.04. The van der Waals surface area contributed by atoms with E-state index in [0.717, 1.165) is 16.0 Å². The molecule has 2 aromatic carbocycles. The summed E-state index contributed by atoms with van der Waals surface area (Å²) in [6.07, 6.45) is 1.69. The van der Waals surface area contributed by atoms with Crippen LogP contribution >= 0.6 is 11.3 Å². The SMILES string of the molecule is COc1ccc(C(=O)N/C(=C\c2cccs2)C(=O)NC(C)c2ccccc2C)cc1. The van der Waals surface area contributed by atoms with E-state index < -0.39 is 0 Å². The average molecular weight is 421 g/mol. The molecule has 5 nitrogen and oxygen atoms in total. The lowest BCUT2D eigenvalue weighted by atomic mass is 10.0. The number of benzene rings is 2. The molecule has 1 heterocycles. The number of rotatable bonds is 7. The summed E-state index contributed by atoms with van der Waals surface area (Å²) in [4.78, 5) is 26.6. The van der Waals surface area contributed by atoms with Crippen LogP contribution in [0.15, 0.2) is 71.7 Å². The molecule has 0 spiro atoms. The fraction of sp³-hybridized carbons (Fsp3) is 0.167. The highest BCUT2D eigenvalue weighted by Gasteiger charge is 2.18. The second-order valence-corrected chi connectivity index (χ2v) is 7.79. The predicted molar refractivity (Wildman–Crippen MR) is 120 cm³/mol. The summed E-state index contributed by atoms with van der Waals surface area (Å²) in [6, 6.07) is 18.2. The van der Waals surface area contributed by atoms with Gasteiger partial charge in [0, 0.05) is 10.4 Å². The lowest BCUT2D eigenvalue weighted by Gasteiger charge is -2.18. The summed E-state index contributed by atoms with van der Waals surface area (Å²) in [5, 5.41) is 7.66. The lowest BCUT2D eigenvalue weighted by molar-refractivity contribution is -0.118. The van der Waals surface area contributed by atoms with Crippen molar-refractivity contribution < 1.29 is 14.3 Å². The summed E-state index contributed by atoms with van der Waals surface area (Å²) >= 11 is 1.49. The first-order valence-electron chi connectivity index (χ1n) is 9.55. The Balaban J connectivity index is 1.80. The van der Waals surface area contributed by atoms with E-state index in [1.807, 2.05) is 55.6 Å². The van der Waals surface area contributed by atoms with E-state index in [1.54, 1.807) is 37.5 Å². The molecule has 3 aromatic rings. The lowest BCUT2D eigenvalue weighted by Crippen LogP contribution is -2.36. The highest BCUT2D eigenvalue weighted by molar-refractivity contribution is 7.10. The Labute approximate surface area is 180 Å². The van der Waals surface area contributed by atoms with Gasteiger partial charge in [0.25, 0.3) is 11.8 Å². The smallest absolute Gasteiger partial charge is 0.268 e. The van der Waals surface area contributed by atoms with Crippen LogP contribution in [-0.2, 0) is 4.79 Å². The van der Waals surface area contributed by atoms with Crippen molar-refractivity contribution in [3.8, 4) is 5.75 Å². The van der Waals surface area contributed by atoms with Gasteiger partial charge in [0.05, 0.1) is 13.2 Å². The van der Waals surface area contributed by atoms with Crippen LogP contribution in [0, 0.1) is 6.92 Å². The molecule has 1 atom stereocenters. The van der Waals surface area contributed by atoms with Gasteiger partial charge in [-0.15, -0.1) is 11.3 Å². The van der Waals surface area contributed by atoms with Crippen molar-refractivity contribution in [2.45, 2.75) is 19.9 Å². The number of amides is 2. The van der Waals surface area contributed by atoms with Crippen LogP contribution in [0.3, 0.4) is 0 Å². The zero-order valence-corrected chi connectivity index (χ0v) is 18.0. The monoisotopic (exact) mass is 420 g/mol. The number of methoxy groups -OCH3 is 1. The van der Waals surface area contributed by atoms with Gasteiger partial charge < -0.3 is 15.4 Å². The number of hydrogen-bond acceptors (Lipinski definition) is 4. The van der Waals surface area contributed by atoms with Gasteiger partial charge in [0.15, 0.2) is 0 Å². The number of carbonyl (C=O) groups is 2. The maximum absolute atomic E-state index is 13.0. The molecule has 0 saturated carbocycles. The highest BCUT2D eigenvalue weighted by Crippen LogP contribution is 2.19. The van der Waals surface area contributed by atoms with Gasteiger partial charge in [-0.1, -0.05) is 30.3 Å². The molecule has 154 valence electrons. The molecular formula is C24H24N2O3S. The van der Waals surface area contributed by atoms with Gasteiger partial charge in [-0.05, 0) is 66.8 Å². The van der Waals surface area contributed by atoms with Gasteiger partial charge in [0.2, 0.25) is 0 Å². The summed E-state index contributed by atoms with van der Waals surface area (Å²) in [5.41, 5.74) is 2.76. The van der Waals surface area contributed by atoms with Crippen molar-refractivity contribution in [3.05, 3.63) is 93.3 Å². The third kappa shape index (κ3) is 5.36. The van der Waals surface area contributed by atoms with Crippen LogP contribution in [0.25, 0.3) is 6.08 Å². The minimum absolute atomic E-state index is 0.193. The van der Waals surface area contributed by atoms with Gasteiger partial charge in [-0.2, -0.15) is 0 Å². The van der Waals surface area contributed by atoms with Gasteiger partial charge in [-0.3, -0.25) is 9.59 Å². The molecule has 0 aliphatic carbocycles. The molecular weight excluding hydrogens is 396 g/mol. The van der Waals surface area contributed by atoms with E-state index in [0.29, 0.717) is 11.3 Å². The zero-order chi connectivity index (χ0) is 21.5. The number of thiophene rings is 1. The molecule has 0 saturated heterocycles. The second-order valence-electron chi connectivity index (χ2n) is 6.81. The Morgan fingerprint density at radius 1 is 1.03 bits per heavy atom. The maximum Gasteiger partial charge on any atom is 0.268 e. The molecule has 2 N–H and O–H groups in total. The van der Waals surface area contributed by atoms with Crippen LogP contribution in [-0.4, -0.2) is 18.9 Å². The first-order valence-corrected chi connectivity index (χ1v) is 10.4. The molecule has 0 aliphatic heterocycles. The normalized spacial score (nSPS) is 12.2. The molecule has 1 unspecified atom stereocenters. The summed E-state index contributed by atoms with van der Waals surface area (Å²) < 4.78 is 5.13. The van der Waals surface area contributed by atoms with Gasteiger partial charge >= 0.3 is 0 Å². The largest absolute Gasteiger partial charge is 0.497 e. The molecule has 30 heavy (non-hydrogen) atoms. The number of nitrogens with one attached hydrogen (secondary N) is 2. The van der Waals surface area contributed by atoms with Crippen molar-refractivity contribution in [2.24, 2.45) is 0 Å². The van der Waals surface area contributed by atoms with Gasteiger partial charge in [-0.25, -0.2) is 0 Å². The quantitative estimate of drug-likeness (QED) is 0.544. The summed E-state index contributed by atoms with van der Waals surface area (Å²) in [5.74, 6) is -0.0501. The Morgan fingerprint density at radius 2 is 1.77 bits per heavy atom. The average Bonchev–Trinajstić information content (AvgIpc) is 3.26. The van der Waals surface area contributed by atoms with E-state index in [1.165, 1.54) is 11.3 Å². The zero-order valence-electron chi connectivity index (χ0n) is 17.1. The number of ether oxygens (including phenoxy) is 1. The minimum atomic E-state index is -0.362. The second kappa shape index (κ2) is 9.89. The van der Waals surface area contributed by atoms with Crippen LogP contribution in [0.1, 0.15) is 39.3 Å². The first kappa shape index (κ1) is 21.3. The van der Waals surface area contributed by atoms with Crippen LogP contribution in [0.2, 0.25) is 0 Å². The molecule has 3 rings (SSSR count). The molecule has 0 aliphatic rings. The summed E-state index contributed by atoms with van der Waals surface area (Å²) in [6.45, 7) is 3.93. The van der Waals surface area contributed by atoms with E-state index >= 15 is 0 Å². The van der Waals surface area contributed by atoms with Crippen molar-refractivity contribution in [1.29, 1.82) is 0 Å². The molecule has 0 bridgehead atoms. The maximum atomic E-state index is 13.0. The Hall–Kier alpha value is -3.38. The van der Waals surface area contributed by atoms with Crippen molar-refractivity contribution in [2.75, 3.05) is 7.11 Å². The van der Waals surface area contributed by atoms with Gasteiger partial charge in [0.1, 0.15) is 11.4 Å². The Kier molecular flexibility index (Phi) is 7.03. The fourth-order valence-corrected chi connectivity index (χ4v) is 3.69. The predicted octanol–water partition coefficient (Wildman–Crippen LogP) is 4.71. The molecule has 6 heteroatoms. The molecule has 0 radical (unpaired) electrons. The Bertz CT molecular complexity index is 1040. The number of hydrogen-bond donors (Lipinski definition) is 2. The standard InChI is InChI=1S/C24H24N2O3S/c1-16-7-4-5-9-21(16)17(2)25-24(28)22(15-20-8-6-14-30-20)26-23(27)18-10-12-19(29-3)13-11-18/h4-15,17H,1-3H3,(H,25,28)(H,26,27)/b22-15-. The van der Waals surface area contributed by atoms with E-state index in [2.05, 4.69) is 10.6 Å². The molecule has 1 aromatic heterocycles. The number of aryl methyl sites for hydroxylation is 1. The molecule has 2 amide bonds. The van der Waals surface area contributed by atoms with E-state index in [4.69, 9.17) is 4.74 Å². The van der Waals surface area contributed by atoms with Crippen LogP contribution < -0.4 is 15.4 Å².